The zero-order valence-corrected chi connectivity index (χ0v) is 12.6. The number of amides is 1. The molecular weight excluding hydrogens is 258 g/mol. The molecule has 0 bridgehead atoms. The maximum Gasteiger partial charge on any atom is 0.226 e. The summed E-state index contributed by atoms with van der Waals surface area (Å²) in [6.45, 7) is 6.60. The van der Waals surface area contributed by atoms with Crippen LogP contribution in [0.15, 0.2) is 5.38 Å². The van der Waals surface area contributed by atoms with Crippen LogP contribution in [0.25, 0.3) is 0 Å². The van der Waals surface area contributed by atoms with Crippen LogP contribution in [0.2, 0.25) is 0 Å². The van der Waals surface area contributed by atoms with Gasteiger partial charge in [0.05, 0.1) is 12.0 Å². The Morgan fingerprint density at radius 2 is 2.26 bits per heavy atom. The molecule has 0 unspecified atom stereocenters. The summed E-state index contributed by atoms with van der Waals surface area (Å²) in [4.78, 5) is 16.9. The Labute approximate surface area is 119 Å². The molecule has 1 aromatic heterocycles. The summed E-state index contributed by atoms with van der Waals surface area (Å²) in [5, 5.41) is 9.44. The highest BCUT2D eigenvalue weighted by atomic mass is 32.1. The molecular formula is C14H23N3OS. The Kier molecular flexibility index (Phi) is 4.93. The molecule has 0 aliphatic carbocycles. The van der Waals surface area contributed by atoms with E-state index in [1.807, 2.05) is 12.3 Å². The molecule has 1 aliphatic rings. The van der Waals surface area contributed by atoms with Gasteiger partial charge in [-0.25, -0.2) is 4.98 Å². The van der Waals surface area contributed by atoms with E-state index >= 15 is 0 Å². The van der Waals surface area contributed by atoms with Crippen molar-refractivity contribution in [1.82, 2.24) is 15.6 Å². The number of rotatable bonds is 5. The number of carbonyl (C=O) groups is 1. The fraction of sp³-hybridized carbons (Fsp3) is 0.714. The van der Waals surface area contributed by atoms with Gasteiger partial charge >= 0.3 is 0 Å². The number of nitrogens with one attached hydrogen (secondary N) is 2. The van der Waals surface area contributed by atoms with Gasteiger partial charge in [-0.2, -0.15) is 0 Å². The number of aryl methyl sites for hydroxylation is 1. The summed E-state index contributed by atoms with van der Waals surface area (Å²) in [5.74, 6) is 0.212. The van der Waals surface area contributed by atoms with Crippen LogP contribution in [-0.2, 0) is 11.3 Å². The third kappa shape index (κ3) is 3.54. The van der Waals surface area contributed by atoms with Crippen molar-refractivity contribution in [2.24, 2.45) is 5.41 Å². The number of nitrogens with zero attached hydrogens (tertiary/aromatic N) is 1. The highest BCUT2D eigenvalue weighted by Crippen LogP contribution is 2.34. The first-order chi connectivity index (χ1) is 9.16. The smallest absolute Gasteiger partial charge is 0.226 e. The minimum Gasteiger partial charge on any atom is -0.349 e. The van der Waals surface area contributed by atoms with Crippen molar-refractivity contribution < 1.29 is 4.79 Å². The first-order valence-electron chi connectivity index (χ1n) is 7.06. The van der Waals surface area contributed by atoms with Gasteiger partial charge in [0.2, 0.25) is 5.91 Å². The van der Waals surface area contributed by atoms with E-state index in [4.69, 9.17) is 0 Å². The van der Waals surface area contributed by atoms with Crippen molar-refractivity contribution in [1.29, 1.82) is 0 Å². The molecule has 1 aromatic rings. The van der Waals surface area contributed by atoms with Crippen LogP contribution in [-0.4, -0.2) is 24.0 Å². The fourth-order valence-electron chi connectivity index (χ4n) is 2.80. The van der Waals surface area contributed by atoms with Gasteiger partial charge in [0.1, 0.15) is 5.01 Å². The average molecular weight is 281 g/mol. The van der Waals surface area contributed by atoms with Crippen molar-refractivity contribution in [3.63, 3.8) is 0 Å². The molecule has 5 heteroatoms. The molecule has 2 rings (SSSR count). The second-order valence-corrected chi connectivity index (χ2v) is 6.29. The van der Waals surface area contributed by atoms with Gasteiger partial charge in [0, 0.05) is 11.1 Å². The van der Waals surface area contributed by atoms with E-state index in [1.165, 1.54) is 0 Å². The van der Waals surface area contributed by atoms with Gasteiger partial charge in [0.15, 0.2) is 0 Å². The Bertz CT molecular complexity index is 419. The van der Waals surface area contributed by atoms with Crippen LogP contribution in [0.1, 0.15) is 43.3 Å². The summed E-state index contributed by atoms with van der Waals surface area (Å²) in [7, 11) is 0. The quantitative estimate of drug-likeness (QED) is 0.870. The van der Waals surface area contributed by atoms with E-state index in [0.717, 1.165) is 49.5 Å². The molecule has 2 heterocycles. The van der Waals surface area contributed by atoms with Gasteiger partial charge in [-0.05, 0) is 39.3 Å². The first-order valence-corrected chi connectivity index (χ1v) is 7.94. The molecule has 0 aromatic carbocycles. The van der Waals surface area contributed by atoms with Gasteiger partial charge in [-0.1, -0.05) is 13.3 Å². The number of piperidine rings is 1. The summed E-state index contributed by atoms with van der Waals surface area (Å²) < 4.78 is 0. The molecule has 19 heavy (non-hydrogen) atoms. The van der Waals surface area contributed by atoms with E-state index in [-0.39, 0.29) is 11.3 Å². The number of carbonyl (C=O) groups excluding carboxylic acids is 1. The summed E-state index contributed by atoms with van der Waals surface area (Å²) in [5.41, 5.74) is 0.867. The van der Waals surface area contributed by atoms with Crippen molar-refractivity contribution in [3.05, 3.63) is 16.1 Å². The third-order valence-corrected chi connectivity index (χ3v) is 4.80. The monoisotopic (exact) mass is 281 g/mol. The lowest BCUT2D eigenvalue weighted by Gasteiger charge is -2.36. The van der Waals surface area contributed by atoms with Crippen molar-refractivity contribution in [2.75, 3.05) is 13.1 Å². The third-order valence-electron chi connectivity index (χ3n) is 3.84. The Morgan fingerprint density at radius 1 is 1.53 bits per heavy atom. The van der Waals surface area contributed by atoms with Gasteiger partial charge in [0.25, 0.3) is 0 Å². The van der Waals surface area contributed by atoms with Crippen molar-refractivity contribution in [3.8, 4) is 0 Å². The van der Waals surface area contributed by atoms with Gasteiger partial charge in [-0.3, -0.25) is 4.79 Å². The Morgan fingerprint density at radius 3 is 2.84 bits per heavy atom. The van der Waals surface area contributed by atoms with Crippen LogP contribution >= 0.6 is 11.3 Å². The second kappa shape index (κ2) is 6.48. The largest absolute Gasteiger partial charge is 0.349 e. The minimum absolute atomic E-state index is 0.160. The summed E-state index contributed by atoms with van der Waals surface area (Å²) in [6.07, 6.45) is 3.94. The normalized spacial score (nSPS) is 18.2. The summed E-state index contributed by atoms with van der Waals surface area (Å²) in [6, 6.07) is 0. The molecule has 2 N–H and O–H groups in total. The summed E-state index contributed by atoms with van der Waals surface area (Å²) >= 11 is 1.61. The zero-order chi connectivity index (χ0) is 13.7. The SMILES string of the molecule is CCCC1(C(=O)NCc2nc(C)cs2)CCNCC1. The van der Waals surface area contributed by atoms with Crippen LogP contribution in [0.3, 0.4) is 0 Å². The topological polar surface area (TPSA) is 54.0 Å². The van der Waals surface area contributed by atoms with E-state index < -0.39 is 0 Å². The fourth-order valence-corrected chi connectivity index (χ4v) is 3.51. The standard InChI is InChI=1S/C14H23N3OS/c1-3-4-14(5-7-15-8-6-14)13(18)16-9-12-17-11(2)10-19-12/h10,15H,3-9H2,1-2H3,(H,16,18). The van der Waals surface area contributed by atoms with E-state index in [2.05, 4.69) is 22.5 Å². The number of thiazole rings is 1. The maximum atomic E-state index is 12.5. The maximum absolute atomic E-state index is 12.5. The van der Waals surface area contributed by atoms with Crippen LogP contribution in [0.4, 0.5) is 0 Å². The van der Waals surface area contributed by atoms with Crippen molar-refractivity contribution >= 4 is 17.2 Å². The lowest BCUT2D eigenvalue weighted by Crippen LogP contribution is -2.47. The molecule has 1 amide bonds. The van der Waals surface area contributed by atoms with Crippen LogP contribution < -0.4 is 10.6 Å². The molecule has 1 fully saturated rings. The zero-order valence-electron chi connectivity index (χ0n) is 11.8. The lowest BCUT2D eigenvalue weighted by atomic mass is 9.74. The van der Waals surface area contributed by atoms with Crippen molar-refractivity contribution in [2.45, 2.75) is 46.1 Å². The predicted molar refractivity (Wildman–Crippen MR) is 78.1 cm³/mol. The molecule has 0 radical (unpaired) electrons. The number of hydrogen-bond donors (Lipinski definition) is 2. The highest BCUT2D eigenvalue weighted by Gasteiger charge is 2.38. The van der Waals surface area contributed by atoms with Crippen LogP contribution in [0, 0.1) is 12.3 Å². The molecule has 0 saturated carbocycles. The molecule has 1 aliphatic heterocycles. The molecule has 0 spiro atoms. The number of hydrogen-bond acceptors (Lipinski definition) is 4. The lowest BCUT2D eigenvalue weighted by molar-refractivity contribution is -0.133. The molecule has 106 valence electrons. The average Bonchev–Trinajstić information content (AvgIpc) is 2.83. The number of aromatic nitrogens is 1. The Balaban J connectivity index is 1.95. The minimum atomic E-state index is -0.160. The molecule has 0 atom stereocenters. The van der Waals surface area contributed by atoms with E-state index in [1.54, 1.807) is 11.3 Å². The first kappa shape index (κ1) is 14.5. The van der Waals surface area contributed by atoms with Gasteiger partial charge in [-0.15, -0.1) is 11.3 Å². The van der Waals surface area contributed by atoms with E-state index in [9.17, 15) is 4.79 Å². The Hall–Kier alpha value is -0.940. The predicted octanol–water partition coefficient (Wildman–Crippen LogP) is 2.24. The van der Waals surface area contributed by atoms with Gasteiger partial charge < -0.3 is 10.6 Å². The van der Waals surface area contributed by atoms with E-state index in [0.29, 0.717) is 6.54 Å². The molecule has 1 saturated heterocycles. The van der Waals surface area contributed by atoms with Crippen LogP contribution in [0.5, 0.6) is 0 Å². The second-order valence-electron chi connectivity index (χ2n) is 5.35. The highest BCUT2D eigenvalue weighted by molar-refractivity contribution is 7.09. The molecule has 4 nitrogen and oxygen atoms in total.